The smallest absolute Gasteiger partial charge is 0.240 e. The Balaban J connectivity index is 1.55. The largest absolute Gasteiger partial charge is 0.497 e. The molecule has 1 atom stereocenters. The number of methoxy groups -OCH3 is 1. The van der Waals surface area contributed by atoms with Gasteiger partial charge >= 0.3 is 0 Å². The Hall–Kier alpha value is -1.54. The first-order chi connectivity index (χ1) is 13.5. The molecule has 3 rings (SSSR count). The van der Waals surface area contributed by atoms with Gasteiger partial charge in [-0.15, -0.1) is 11.8 Å². The van der Waals surface area contributed by atoms with Crippen LogP contribution in [0.25, 0.3) is 0 Å². The van der Waals surface area contributed by atoms with Gasteiger partial charge in [0.25, 0.3) is 0 Å². The highest BCUT2D eigenvalue weighted by Gasteiger charge is 2.22. The van der Waals surface area contributed by atoms with Crippen LogP contribution in [-0.2, 0) is 16.6 Å². The van der Waals surface area contributed by atoms with E-state index >= 15 is 0 Å². The molecule has 7 heteroatoms. The average Bonchev–Trinajstić information content (AvgIpc) is 2.73. The van der Waals surface area contributed by atoms with Gasteiger partial charge in [-0.3, -0.25) is 4.90 Å². The van der Waals surface area contributed by atoms with Crippen molar-refractivity contribution in [2.24, 2.45) is 5.92 Å². The SMILES string of the molecule is COc1ccc(S(=O)(=O)NCC2CCCN(Cc3cccc(SC)c3)C2)cc1. The van der Waals surface area contributed by atoms with E-state index < -0.39 is 10.0 Å². The Labute approximate surface area is 172 Å². The predicted molar refractivity (Wildman–Crippen MR) is 114 cm³/mol. The summed E-state index contributed by atoms with van der Waals surface area (Å²) in [5, 5.41) is 0. The van der Waals surface area contributed by atoms with Gasteiger partial charge in [-0.1, -0.05) is 12.1 Å². The third kappa shape index (κ3) is 5.73. The highest BCUT2D eigenvalue weighted by Crippen LogP contribution is 2.22. The van der Waals surface area contributed by atoms with Gasteiger partial charge in [0.05, 0.1) is 12.0 Å². The number of hydrogen-bond acceptors (Lipinski definition) is 5. The van der Waals surface area contributed by atoms with Crippen LogP contribution in [0.4, 0.5) is 0 Å². The van der Waals surface area contributed by atoms with Crippen LogP contribution < -0.4 is 9.46 Å². The van der Waals surface area contributed by atoms with E-state index in [0.717, 1.165) is 32.5 Å². The summed E-state index contributed by atoms with van der Waals surface area (Å²) < 4.78 is 33.0. The Morgan fingerprint density at radius 1 is 1.21 bits per heavy atom. The molecule has 1 aliphatic heterocycles. The van der Waals surface area contributed by atoms with E-state index in [1.807, 2.05) is 0 Å². The molecule has 0 aliphatic carbocycles. The quantitative estimate of drug-likeness (QED) is 0.661. The summed E-state index contributed by atoms with van der Waals surface area (Å²) in [6, 6.07) is 15.1. The molecule has 0 amide bonds. The van der Waals surface area contributed by atoms with E-state index in [2.05, 4.69) is 40.1 Å². The van der Waals surface area contributed by atoms with E-state index in [0.29, 0.717) is 18.2 Å². The molecular formula is C21H28N2O3S2. The lowest BCUT2D eigenvalue weighted by Gasteiger charge is -2.32. The summed E-state index contributed by atoms with van der Waals surface area (Å²) in [7, 11) is -1.93. The molecule has 0 aromatic heterocycles. The lowest BCUT2D eigenvalue weighted by Crippen LogP contribution is -2.40. The molecule has 2 aromatic rings. The lowest BCUT2D eigenvalue weighted by atomic mass is 9.98. The molecule has 1 heterocycles. The molecule has 1 N–H and O–H groups in total. The van der Waals surface area contributed by atoms with Crippen LogP contribution in [0.2, 0.25) is 0 Å². The van der Waals surface area contributed by atoms with Crippen LogP contribution in [0, 0.1) is 5.92 Å². The van der Waals surface area contributed by atoms with Crippen molar-refractivity contribution in [1.29, 1.82) is 0 Å². The zero-order valence-corrected chi connectivity index (χ0v) is 18.1. The number of sulfonamides is 1. The fraction of sp³-hybridized carbons (Fsp3) is 0.429. The highest BCUT2D eigenvalue weighted by atomic mass is 32.2. The van der Waals surface area contributed by atoms with Crippen LogP contribution >= 0.6 is 11.8 Å². The number of nitrogens with one attached hydrogen (secondary N) is 1. The van der Waals surface area contributed by atoms with Gasteiger partial charge in [0, 0.05) is 24.5 Å². The van der Waals surface area contributed by atoms with Crippen LogP contribution in [0.3, 0.4) is 0 Å². The van der Waals surface area contributed by atoms with Gasteiger partial charge in [-0.25, -0.2) is 13.1 Å². The van der Waals surface area contributed by atoms with Crippen molar-refractivity contribution < 1.29 is 13.2 Å². The van der Waals surface area contributed by atoms with Crippen molar-refractivity contribution in [3.8, 4) is 5.75 Å². The van der Waals surface area contributed by atoms with Gasteiger partial charge < -0.3 is 4.74 Å². The summed E-state index contributed by atoms with van der Waals surface area (Å²) >= 11 is 1.75. The third-order valence-corrected chi connectivity index (χ3v) is 7.24. The van der Waals surface area contributed by atoms with Crippen LogP contribution in [0.5, 0.6) is 5.75 Å². The third-order valence-electron chi connectivity index (χ3n) is 5.08. The standard InChI is InChI=1S/C21H28N2O3S2/c1-26-19-8-10-21(11-9-19)28(24,25)22-14-18-6-4-12-23(16-18)15-17-5-3-7-20(13-17)27-2/h3,5,7-11,13,18,22H,4,6,12,14-16H2,1-2H3. The second kappa shape index (κ2) is 9.78. The topological polar surface area (TPSA) is 58.6 Å². The molecule has 0 bridgehead atoms. The van der Waals surface area contributed by atoms with Gasteiger partial charge in [-0.2, -0.15) is 0 Å². The number of piperidine rings is 1. The Morgan fingerprint density at radius 3 is 2.71 bits per heavy atom. The summed E-state index contributed by atoms with van der Waals surface area (Å²) in [4.78, 5) is 3.98. The second-order valence-corrected chi connectivity index (χ2v) is 9.77. The zero-order chi connectivity index (χ0) is 20.0. The minimum Gasteiger partial charge on any atom is -0.497 e. The maximum atomic E-state index is 12.5. The molecule has 28 heavy (non-hydrogen) atoms. The Bertz CT molecular complexity index is 869. The minimum atomic E-state index is -3.50. The molecule has 1 aliphatic rings. The molecule has 0 radical (unpaired) electrons. The van der Waals surface area contributed by atoms with Gasteiger partial charge in [0.1, 0.15) is 5.75 Å². The van der Waals surface area contributed by atoms with Gasteiger partial charge in [-0.05, 0) is 73.5 Å². The molecular weight excluding hydrogens is 392 g/mol. The van der Waals surface area contributed by atoms with E-state index in [4.69, 9.17) is 4.74 Å². The van der Waals surface area contributed by atoms with E-state index in [1.54, 1.807) is 43.1 Å². The number of thioether (sulfide) groups is 1. The zero-order valence-electron chi connectivity index (χ0n) is 16.4. The van der Waals surface area contributed by atoms with Crippen molar-refractivity contribution in [2.75, 3.05) is 33.0 Å². The van der Waals surface area contributed by atoms with E-state index in [1.165, 1.54) is 10.5 Å². The fourth-order valence-electron chi connectivity index (χ4n) is 3.56. The highest BCUT2D eigenvalue weighted by molar-refractivity contribution is 7.98. The lowest BCUT2D eigenvalue weighted by molar-refractivity contribution is 0.169. The molecule has 1 unspecified atom stereocenters. The van der Waals surface area contributed by atoms with E-state index in [9.17, 15) is 8.42 Å². The first-order valence-electron chi connectivity index (χ1n) is 9.49. The minimum absolute atomic E-state index is 0.273. The number of hydrogen-bond donors (Lipinski definition) is 1. The number of ether oxygens (including phenoxy) is 1. The molecule has 1 fully saturated rings. The average molecular weight is 421 g/mol. The maximum absolute atomic E-state index is 12.5. The predicted octanol–water partition coefficient (Wildman–Crippen LogP) is 3.61. The number of benzene rings is 2. The summed E-state index contributed by atoms with van der Waals surface area (Å²) in [5.74, 6) is 0.970. The molecule has 0 saturated carbocycles. The first kappa shape index (κ1) is 21.2. The number of likely N-dealkylation sites (tertiary alicyclic amines) is 1. The molecule has 152 valence electrons. The van der Waals surface area contributed by atoms with Crippen molar-refractivity contribution in [3.05, 3.63) is 54.1 Å². The summed E-state index contributed by atoms with van der Waals surface area (Å²) in [6.07, 6.45) is 4.23. The van der Waals surface area contributed by atoms with Crippen LogP contribution in [0.1, 0.15) is 18.4 Å². The van der Waals surface area contributed by atoms with Crippen molar-refractivity contribution in [3.63, 3.8) is 0 Å². The molecule has 0 spiro atoms. The van der Waals surface area contributed by atoms with E-state index in [-0.39, 0.29) is 4.90 Å². The Morgan fingerprint density at radius 2 is 2.00 bits per heavy atom. The molecule has 2 aromatic carbocycles. The molecule has 5 nitrogen and oxygen atoms in total. The van der Waals surface area contributed by atoms with Crippen LogP contribution in [-0.4, -0.2) is 46.3 Å². The first-order valence-corrected chi connectivity index (χ1v) is 12.2. The van der Waals surface area contributed by atoms with Crippen molar-refractivity contribution >= 4 is 21.8 Å². The summed E-state index contributed by atoms with van der Waals surface area (Å²) in [6.45, 7) is 3.35. The van der Waals surface area contributed by atoms with Crippen molar-refractivity contribution in [1.82, 2.24) is 9.62 Å². The maximum Gasteiger partial charge on any atom is 0.240 e. The fourth-order valence-corrected chi connectivity index (χ4v) is 5.16. The second-order valence-electron chi connectivity index (χ2n) is 7.12. The van der Waals surface area contributed by atoms with Gasteiger partial charge in [0.2, 0.25) is 10.0 Å². The monoisotopic (exact) mass is 420 g/mol. The summed E-state index contributed by atoms with van der Waals surface area (Å²) in [5.41, 5.74) is 1.31. The molecule has 1 saturated heterocycles. The normalized spacial score (nSPS) is 18.1. The van der Waals surface area contributed by atoms with Crippen LogP contribution in [0.15, 0.2) is 58.3 Å². The Kier molecular flexibility index (Phi) is 7.40. The van der Waals surface area contributed by atoms with Crippen molar-refractivity contribution in [2.45, 2.75) is 29.2 Å². The number of nitrogens with zero attached hydrogens (tertiary/aromatic N) is 1. The number of rotatable bonds is 8. The van der Waals surface area contributed by atoms with Gasteiger partial charge in [0.15, 0.2) is 0 Å².